The average molecular weight is 280 g/mol. The van der Waals surface area contributed by atoms with Crippen LogP contribution in [-0.2, 0) is 4.74 Å². The van der Waals surface area contributed by atoms with Crippen LogP contribution in [0.5, 0.6) is 0 Å². The normalized spacial score (nSPS) is 37.9. The number of nitrogens with one attached hydrogen (secondary N) is 1. The summed E-state index contributed by atoms with van der Waals surface area (Å²) < 4.78 is 5.53. The van der Waals surface area contributed by atoms with E-state index in [4.69, 9.17) is 10.5 Å². The van der Waals surface area contributed by atoms with Gasteiger partial charge in [0, 0.05) is 18.6 Å². The van der Waals surface area contributed by atoms with Gasteiger partial charge in [-0.15, -0.1) is 11.3 Å². The minimum Gasteiger partial charge on any atom is -0.381 e. The molecule has 4 unspecified atom stereocenters. The highest BCUT2D eigenvalue weighted by Crippen LogP contribution is 2.46. The van der Waals surface area contributed by atoms with E-state index >= 15 is 0 Å². The number of ether oxygens (including phenoxy) is 1. The van der Waals surface area contributed by atoms with Crippen LogP contribution in [0.1, 0.15) is 29.4 Å². The van der Waals surface area contributed by atoms with E-state index in [9.17, 15) is 4.79 Å². The number of rotatable bonds is 3. The first-order chi connectivity index (χ1) is 9.13. The summed E-state index contributed by atoms with van der Waals surface area (Å²) in [5.41, 5.74) is 5.87. The lowest BCUT2D eigenvalue weighted by Crippen LogP contribution is -2.59. The van der Waals surface area contributed by atoms with Crippen molar-refractivity contribution in [1.29, 1.82) is 0 Å². The fourth-order valence-corrected chi connectivity index (χ4v) is 3.83. The van der Waals surface area contributed by atoms with Crippen LogP contribution in [-0.4, -0.2) is 30.7 Å². The summed E-state index contributed by atoms with van der Waals surface area (Å²) >= 11 is 1.48. The Morgan fingerprint density at radius 1 is 1.63 bits per heavy atom. The molecule has 4 atom stereocenters. The molecule has 5 heteroatoms. The van der Waals surface area contributed by atoms with Gasteiger partial charge >= 0.3 is 0 Å². The summed E-state index contributed by atoms with van der Waals surface area (Å²) in [7, 11) is 0. The molecule has 1 saturated carbocycles. The predicted octanol–water partition coefficient (Wildman–Crippen LogP) is 1.62. The van der Waals surface area contributed by atoms with E-state index in [1.54, 1.807) is 0 Å². The van der Waals surface area contributed by atoms with Gasteiger partial charge in [0.2, 0.25) is 0 Å². The summed E-state index contributed by atoms with van der Waals surface area (Å²) in [4.78, 5) is 13.2. The van der Waals surface area contributed by atoms with Gasteiger partial charge in [-0.05, 0) is 30.2 Å². The Balaban J connectivity index is 1.81. The van der Waals surface area contributed by atoms with Gasteiger partial charge in [-0.3, -0.25) is 4.79 Å². The zero-order chi connectivity index (χ0) is 13.5. The van der Waals surface area contributed by atoms with Crippen molar-refractivity contribution in [1.82, 2.24) is 5.32 Å². The van der Waals surface area contributed by atoms with E-state index < -0.39 is 0 Å². The number of nitrogens with two attached hydrogens (primary N) is 1. The summed E-state index contributed by atoms with van der Waals surface area (Å²) in [5, 5.41) is 5.22. The summed E-state index contributed by atoms with van der Waals surface area (Å²) in [5.74, 6) is 0.738. The molecule has 2 heterocycles. The molecular weight excluding hydrogens is 260 g/mol. The maximum atomic E-state index is 12.4. The highest BCUT2D eigenvalue weighted by atomic mass is 32.1. The second kappa shape index (κ2) is 4.89. The van der Waals surface area contributed by atoms with Crippen molar-refractivity contribution in [2.75, 3.05) is 13.2 Å². The third-order valence-corrected chi connectivity index (χ3v) is 5.37. The zero-order valence-electron chi connectivity index (χ0n) is 11.1. The van der Waals surface area contributed by atoms with E-state index in [-0.39, 0.29) is 17.5 Å². The van der Waals surface area contributed by atoms with Crippen LogP contribution in [0.25, 0.3) is 0 Å². The molecule has 2 aliphatic rings. The van der Waals surface area contributed by atoms with E-state index in [0.29, 0.717) is 25.0 Å². The summed E-state index contributed by atoms with van der Waals surface area (Å²) in [6, 6.07) is 4.00. The van der Waals surface area contributed by atoms with Crippen molar-refractivity contribution in [2.45, 2.75) is 31.3 Å². The van der Waals surface area contributed by atoms with Gasteiger partial charge in [-0.25, -0.2) is 0 Å². The fraction of sp³-hybridized carbons (Fsp3) is 0.643. The van der Waals surface area contributed by atoms with Gasteiger partial charge in [-0.1, -0.05) is 13.0 Å². The average Bonchev–Trinajstić information content (AvgIpc) is 2.93. The Morgan fingerprint density at radius 2 is 2.42 bits per heavy atom. The maximum Gasteiger partial charge on any atom is 0.261 e. The molecule has 0 spiro atoms. The molecule has 1 amide bonds. The molecule has 1 aliphatic carbocycles. The van der Waals surface area contributed by atoms with Crippen LogP contribution in [0.4, 0.5) is 0 Å². The van der Waals surface area contributed by atoms with Crippen molar-refractivity contribution >= 4 is 17.2 Å². The number of amides is 1. The van der Waals surface area contributed by atoms with Gasteiger partial charge < -0.3 is 15.8 Å². The highest BCUT2D eigenvalue weighted by molar-refractivity contribution is 7.12. The van der Waals surface area contributed by atoms with Gasteiger partial charge in [-0.2, -0.15) is 0 Å². The molecule has 4 nitrogen and oxygen atoms in total. The van der Waals surface area contributed by atoms with Crippen LogP contribution in [0.15, 0.2) is 17.5 Å². The lowest BCUT2D eigenvalue weighted by molar-refractivity contribution is -0.0148. The van der Waals surface area contributed by atoms with E-state index in [0.717, 1.165) is 17.7 Å². The SMILES string of the molecule is CC1COCCC1(NC(=O)c1cccs1)C1CC1N. The number of thiophene rings is 1. The Kier molecular flexibility index (Phi) is 3.37. The third kappa shape index (κ3) is 2.30. The second-order valence-corrected chi connectivity index (χ2v) is 6.65. The van der Waals surface area contributed by atoms with Gasteiger partial charge in [0.05, 0.1) is 17.0 Å². The van der Waals surface area contributed by atoms with Crippen LogP contribution in [0.3, 0.4) is 0 Å². The van der Waals surface area contributed by atoms with Crippen molar-refractivity contribution in [3.63, 3.8) is 0 Å². The Bertz CT molecular complexity index is 458. The highest BCUT2D eigenvalue weighted by Gasteiger charge is 2.55. The Morgan fingerprint density at radius 3 is 3.00 bits per heavy atom. The molecule has 1 aromatic heterocycles. The minimum atomic E-state index is -0.182. The molecule has 1 aliphatic heterocycles. The molecule has 19 heavy (non-hydrogen) atoms. The predicted molar refractivity (Wildman–Crippen MR) is 75.2 cm³/mol. The Hall–Kier alpha value is -0.910. The summed E-state index contributed by atoms with van der Waals surface area (Å²) in [6.07, 6.45) is 1.87. The second-order valence-electron chi connectivity index (χ2n) is 5.70. The number of carbonyl (C=O) groups is 1. The first-order valence-corrected chi connectivity index (χ1v) is 7.71. The van der Waals surface area contributed by atoms with Crippen LogP contribution < -0.4 is 11.1 Å². The zero-order valence-corrected chi connectivity index (χ0v) is 11.9. The van der Waals surface area contributed by atoms with Crippen molar-refractivity contribution in [2.24, 2.45) is 17.6 Å². The summed E-state index contributed by atoms with van der Waals surface area (Å²) in [6.45, 7) is 3.56. The molecule has 1 saturated heterocycles. The Labute approximate surface area is 117 Å². The van der Waals surface area contributed by atoms with Crippen molar-refractivity contribution in [3.8, 4) is 0 Å². The van der Waals surface area contributed by atoms with E-state index in [1.165, 1.54) is 11.3 Å². The molecule has 0 aromatic carbocycles. The number of hydrogen-bond acceptors (Lipinski definition) is 4. The number of carbonyl (C=O) groups excluding carboxylic acids is 1. The molecule has 0 radical (unpaired) electrons. The van der Waals surface area contributed by atoms with Crippen LogP contribution in [0.2, 0.25) is 0 Å². The molecule has 3 rings (SSSR count). The maximum absolute atomic E-state index is 12.4. The first-order valence-electron chi connectivity index (χ1n) is 6.83. The largest absolute Gasteiger partial charge is 0.381 e. The van der Waals surface area contributed by atoms with Crippen LogP contribution in [0, 0.1) is 11.8 Å². The monoisotopic (exact) mass is 280 g/mol. The topological polar surface area (TPSA) is 64.3 Å². The lowest BCUT2D eigenvalue weighted by atomic mass is 9.76. The van der Waals surface area contributed by atoms with Crippen LogP contribution >= 0.6 is 11.3 Å². The minimum absolute atomic E-state index is 0.0304. The number of hydrogen-bond donors (Lipinski definition) is 2. The first kappa shape index (κ1) is 13.1. The standard InChI is InChI=1S/C14H20N2O2S/c1-9-8-18-5-4-14(9,10-7-11(10)15)16-13(17)12-3-2-6-19-12/h2-3,6,9-11H,4-5,7-8,15H2,1H3,(H,16,17). The molecule has 2 fully saturated rings. The lowest BCUT2D eigenvalue weighted by Gasteiger charge is -2.43. The van der Waals surface area contributed by atoms with Crippen molar-refractivity contribution in [3.05, 3.63) is 22.4 Å². The quantitative estimate of drug-likeness (QED) is 0.884. The fourth-order valence-electron chi connectivity index (χ4n) is 3.21. The van der Waals surface area contributed by atoms with Gasteiger partial charge in [0.1, 0.15) is 0 Å². The van der Waals surface area contributed by atoms with Gasteiger partial charge in [0.15, 0.2) is 0 Å². The van der Waals surface area contributed by atoms with Gasteiger partial charge in [0.25, 0.3) is 5.91 Å². The third-order valence-electron chi connectivity index (χ3n) is 4.50. The molecule has 1 aromatic rings. The van der Waals surface area contributed by atoms with E-state index in [2.05, 4.69) is 12.2 Å². The van der Waals surface area contributed by atoms with E-state index in [1.807, 2.05) is 17.5 Å². The van der Waals surface area contributed by atoms with Crippen molar-refractivity contribution < 1.29 is 9.53 Å². The molecule has 3 N–H and O–H groups in total. The smallest absolute Gasteiger partial charge is 0.261 e. The molecule has 0 bridgehead atoms. The molecule has 104 valence electrons. The molecular formula is C14H20N2O2S.